The lowest BCUT2D eigenvalue weighted by atomic mass is 9.96. The van der Waals surface area contributed by atoms with Crippen LogP contribution in [0.15, 0.2) is 52.2 Å². The first-order valence-electron chi connectivity index (χ1n) is 9.82. The topological polar surface area (TPSA) is 93.4 Å². The fraction of sp³-hybridized carbons (Fsp3) is 0.217. The number of hydrogen-bond donors (Lipinski definition) is 1. The summed E-state index contributed by atoms with van der Waals surface area (Å²) in [5.74, 6) is -1.42. The predicted octanol–water partition coefficient (Wildman–Crippen LogP) is 5.31. The molecule has 1 heterocycles. The van der Waals surface area contributed by atoms with Crippen molar-refractivity contribution in [1.29, 1.82) is 0 Å². The molecule has 0 bridgehead atoms. The van der Waals surface area contributed by atoms with Crippen molar-refractivity contribution in [3.05, 3.63) is 74.0 Å². The number of pyridine rings is 1. The SMILES string of the molecule is CCn1c(C)c(-c2ccc(S(=O)(=O)CC)cc2)c(=O)c(C(=O)O)c1-c1ccc(Cl)c(Cl)c1. The number of benzene rings is 2. The molecule has 6 nitrogen and oxygen atoms in total. The Balaban J connectivity index is 2.36. The molecule has 9 heteroatoms. The van der Waals surface area contributed by atoms with Crippen LogP contribution in [0.4, 0.5) is 0 Å². The van der Waals surface area contributed by atoms with Crippen molar-refractivity contribution in [2.75, 3.05) is 5.75 Å². The quantitative estimate of drug-likeness (QED) is 0.502. The van der Waals surface area contributed by atoms with Crippen molar-refractivity contribution in [2.45, 2.75) is 32.2 Å². The highest BCUT2D eigenvalue weighted by Gasteiger charge is 2.26. The summed E-state index contributed by atoms with van der Waals surface area (Å²) in [5.41, 5.74) is 0.823. The van der Waals surface area contributed by atoms with Crippen LogP contribution in [0.1, 0.15) is 29.9 Å². The molecule has 2 aromatic carbocycles. The Kier molecular flexibility index (Phi) is 6.83. The molecule has 0 aliphatic heterocycles. The van der Waals surface area contributed by atoms with Gasteiger partial charge in [0.15, 0.2) is 9.84 Å². The van der Waals surface area contributed by atoms with Crippen molar-refractivity contribution >= 4 is 39.0 Å². The lowest BCUT2D eigenvalue weighted by Gasteiger charge is -2.21. The van der Waals surface area contributed by atoms with Gasteiger partial charge in [-0.25, -0.2) is 13.2 Å². The first-order valence-corrected chi connectivity index (χ1v) is 12.2. The summed E-state index contributed by atoms with van der Waals surface area (Å²) >= 11 is 12.2. The molecule has 1 N–H and O–H groups in total. The molecular weight excluding hydrogens is 473 g/mol. The van der Waals surface area contributed by atoms with Gasteiger partial charge in [-0.2, -0.15) is 0 Å². The number of carbonyl (C=O) groups is 1. The van der Waals surface area contributed by atoms with Gasteiger partial charge in [-0.3, -0.25) is 4.79 Å². The summed E-state index contributed by atoms with van der Waals surface area (Å²) in [7, 11) is -3.40. The molecule has 0 aliphatic carbocycles. The van der Waals surface area contributed by atoms with Gasteiger partial charge >= 0.3 is 5.97 Å². The zero-order chi connectivity index (χ0) is 23.8. The normalized spacial score (nSPS) is 11.5. The number of aromatic carboxylic acids is 1. The highest BCUT2D eigenvalue weighted by molar-refractivity contribution is 7.91. The average Bonchev–Trinajstić information content (AvgIpc) is 2.75. The van der Waals surface area contributed by atoms with Gasteiger partial charge in [-0.05, 0) is 43.7 Å². The van der Waals surface area contributed by atoms with E-state index in [1.54, 1.807) is 30.5 Å². The van der Waals surface area contributed by atoms with E-state index in [1.807, 2.05) is 6.92 Å². The van der Waals surface area contributed by atoms with Gasteiger partial charge in [0.1, 0.15) is 5.56 Å². The summed E-state index contributed by atoms with van der Waals surface area (Å²) in [6.45, 7) is 5.50. The van der Waals surface area contributed by atoms with Crippen LogP contribution in [0.25, 0.3) is 22.4 Å². The number of nitrogens with zero attached hydrogens (tertiary/aromatic N) is 1. The van der Waals surface area contributed by atoms with Crippen LogP contribution in [-0.2, 0) is 16.4 Å². The van der Waals surface area contributed by atoms with Crippen LogP contribution in [0, 0.1) is 6.92 Å². The molecule has 168 valence electrons. The monoisotopic (exact) mass is 493 g/mol. The first kappa shape index (κ1) is 24.0. The van der Waals surface area contributed by atoms with Gasteiger partial charge in [-0.1, -0.05) is 48.3 Å². The Bertz CT molecular complexity index is 1380. The number of aromatic nitrogens is 1. The molecule has 0 saturated carbocycles. The molecule has 32 heavy (non-hydrogen) atoms. The Morgan fingerprint density at radius 3 is 2.09 bits per heavy atom. The summed E-state index contributed by atoms with van der Waals surface area (Å²) in [4.78, 5) is 25.8. The third kappa shape index (κ3) is 4.20. The smallest absolute Gasteiger partial charge is 0.341 e. The van der Waals surface area contributed by atoms with E-state index in [4.69, 9.17) is 23.2 Å². The van der Waals surface area contributed by atoms with Crippen LogP contribution < -0.4 is 5.43 Å². The molecule has 0 radical (unpaired) electrons. The molecule has 0 saturated heterocycles. The Morgan fingerprint density at radius 2 is 1.59 bits per heavy atom. The van der Waals surface area contributed by atoms with Crippen molar-refractivity contribution in [1.82, 2.24) is 4.57 Å². The van der Waals surface area contributed by atoms with Crippen molar-refractivity contribution in [3.63, 3.8) is 0 Å². The van der Waals surface area contributed by atoms with Gasteiger partial charge in [0, 0.05) is 23.4 Å². The lowest BCUT2D eigenvalue weighted by Crippen LogP contribution is -2.25. The van der Waals surface area contributed by atoms with E-state index < -0.39 is 26.8 Å². The van der Waals surface area contributed by atoms with Crippen LogP contribution in [0.2, 0.25) is 10.0 Å². The van der Waals surface area contributed by atoms with Gasteiger partial charge in [0.05, 0.1) is 26.4 Å². The Hall–Kier alpha value is -2.61. The highest BCUT2D eigenvalue weighted by atomic mass is 35.5. The molecule has 0 amide bonds. The second kappa shape index (κ2) is 9.10. The molecule has 3 rings (SSSR count). The third-order valence-electron chi connectivity index (χ3n) is 5.33. The van der Waals surface area contributed by atoms with E-state index in [-0.39, 0.29) is 26.9 Å². The molecular formula is C23H21Cl2NO5S. The van der Waals surface area contributed by atoms with Crippen molar-refractivity contribution in [3.8, 4) is 22.4 Å². The van der Waals surface area contributed by atoms with Gasteiger partial charge in [0.25, 0.3) is 0 Å². The molecule has 0 spiro atoms. The summed E-state index contributed by atoms with van der Waals surface area (Å²) in [6, 6.07) is 10.6. The number of carboxylic acid groups (broad SMARTS) is 1. The maximum atomic E-state index is 13.4. The minimum Gasteiger partial charge on any atom is -0.477 e. The first-order chi connectivity index (χ1) is 15.0. The van der Waals surface area contributed by atoms with E-state index >= 15 is 0 Å². The molecule has 0 atom stereocenters. The zero-order valence-electron chi connectivity index (χ0n) is 17.6. The van der Waals surface area contributed by atoms with E-state index in [0.717, 1.165) is 0 Å². The van der Waals surface area contributed by atoms with E-state index in [2.05, 4.69) is 0 Å². The minimum absolute atomic E-state index is 0.0461. The maximum absolute atomic E-state index is 13.4. The summed E-state index contributed by atoms with van der Waals surface area (Å²) in [5, 5.41) is 10.5. The zero-order valence-corrected chi connectivity index (χ0v) is 20.0. The second-order valence-electron chi connectivity index (χ2n) is 7.12. The van der Waals surface area contributed by atoms with E-state index in [0.29, 0.717) is 28.4 Å². The second-order valence-corrected chi connectivity index (χ2v) is 10.2. The predicted molar refractivity (Wildman–Crippen MR) is 127 cm³/mol. The minimum atomic E-state index is -3.40. The number of rotatable bonds is 6. The molecule has 0 unspecified atom stereocenters. The number of sulfone groups is 1. The number of hydrogen-bond acceptors (Lipinski definition) is 4. The molecule has 1 aromatic heterocycles. The highest BCUT2D eigenvalue weighted by Crippen LogP contribution is 2.33. The fourth-order valence-electron chi connectivity index (χ4n) is 3.71. The van der Waals surface area contributed by atoms with Crippen molar-refractivity contribution in [2.24, 2.45) is 0 Å². The Morgan fingerprint density at radius 1 is 1.00 bits per heavy atom. The van der Waals surface area contributed by atoms with Crippen LogP contribution in [0.3, 0.4) is 0 Å². The Labute approximate surface area is 196 Å². The van der Waals surface area contributed by atoms with E-state index in [1.165, 1.54) is 30.3 Å². The maximum Gasteiger partial charge on any atom is 0.341 e. The average molecular weight is 494 g/mol. The lowest BCUT2D eigenvalue weighted by molar-refractivity contribution is 0.0695. The standard InChI is InChI=1S/C23H21Cl2NO5S/c1-4-26-13(3)19(14-6-9-16(10-7-14)32(30,31)5-2)22(27)20(23(28)29)21(26)15-8-11-17(24)18(25)12-15/h6-12H,4-5H2,1-3H3,(H,28,29). The molecule has 0 aliphatic rings. The van der Waals surface area contributed by atoms with Gasteiger partial charge in [0.2, 0.25) is 5.43 Å². The number of carboxylic acids is 1. The summed E-state index contributed by atoms with van der Waals surface area (Å²) < 4.78 is 26.0. The summed E-state index contributed by atoms with van der Waals surface area (Å²) in [6.07, 6.45) is 0. The number of halogens is 2. The van der Waals surface area contributed by atoms with E-state index in [9.17, 15) is 23.1 Å². The molecule has 0 fully saturated rings. The molecule has 3 aromatic rings. The third-order valence-corrected chi connectivity index (χ3v) is 7.82. The van der Waals surface area contributed by atoms with Crippen molar-refractivity contribution < 1.29 is 18.3 Å². The van der Waals surface area contributed by atoms with Crippen LogP contribution in [-0.4, -0.2) is 29.8 Å². The van der Waals surface area contributed by atoms with Crippen LogP contribution >= 0.6 is 23.2 Å². The fourth-order valence-corrected chi connectivity index (χ4v) is 4.89. The largest absolute Gasteiger partial charge is 0.477 e. The van der Waals surface area contributed by atoms with Gasteiger partial charge in [-0.15, -0.1) is 0 Å². The van der Waals surface area contributed by atoms with Crippen LogP contribution in [0.5, 0.6) is 0 Å². The van der Waals surface area contributed by atoms with Gasteiger partial charge < -0.3 is 9.67 Å².